The lowest BCUT2D eigenvalue weighted by molar-refractivity contribution is -0.119. The number of pyridine rings is 1. The number of hydrogen-bond donors (Lipinski definition) is 1. The number of nitrogens with zero attached hydrogens (tertiary/aromatic N) is 1. The molecule has 0 atom stereocenters. The molecule has 4 rings (SSSR count). The smallest absolute Gasteiger partial charge is 0.339 e. The molecule has 0 fully saturated rings. The van der Waals surface area contributed by atoms with Crippen molar-refractivity contribution in [3.63, 3.8) is 0 Å². The summed E-state index contributed by atoms with van der Waals surface area (Å²) in [5, 5.41) is 3.31. The van der Waals surface area contributed by atoms with E-state index in [2.05, 4.69) is 10.3 Å². The number of ether oxygens (including phenoxy) is 2. The maximum Gasteiger partial charge on any atom is 0.339 e. The van der Waals surface area contributed by atoms with Crippen molar-refractivity contribution in [2.45, 2.75) is 6.92 Å². The van der Waals surface area contributed by atoms with Crippen LogP contribution in [0.4, 0.5) is 5.69 Å². The van der Waals surface area contributed by atoms with Gasteiger partial charge in [0.05, 0.1) is 18.2 Å². The number of nitrogens with one attached hydrogen (secondary N) is 1. The van der Waals surface area contributed by atoms with Crippen LogP contribution in [0.25, 0.3) is 22.4 Å². The number of esters is 1. The normalized spacial score (nSPS) is 10.6. The van der Waals surface area contributed by atoms with Crippen LogP contribution >= 0.6 is 0 Å². The first-order valence-electron chi connectivity index (χ1n) is 9.61. The van der Waals surface area contributed by atoms with Crippen LogP contribution in [0.5, 0.6) is 5.75 Å². The maximum atomic E-state index is 12.8. The SMILES string of the molecule is COc1cccc(NC(=O)COC(=O)c2cc(-c3ccc(C)o3)nc3ccccc23)c1. The van der Waals surface area contributed by atoms with Gasteiger partial charge in [-0.15, -0.1) is 0 Å². The molecular weight excluding hydrogens is 396 g/mol. The zero-order chi connectivity index (χ0) is 21.8. The standard InChI is InChI=1S/C24H20N2O5/c1-15-10-11-22(31-15)21-13-19(18-8-3-4-9-20(18)26-21)24(28)30-14-23(27)25-16-6-5-7-17(12-16)29-2/h3-13H,14H2,1-2H3,(H,25,27). The van der Waals surface area contributed by atoms with Crippen LogP contribution in [-0.4, -0.2) is 30.6 Å². The number of hydrogen-bond acceptors (Lipinski definition) is 6. The highest BCUT2D eigenvalue weighted by Gasteiger charge is 2.17. The predicted molar refractivity (Wildman–Crippen MR) is 116 cm³/mol. The lowest BCUT2D eigenvalue weighted by atomic mass is 10.1. The first-order chi connectivity index (χ1) is 15.0. The summed E-state index contributed by atoms with van der Waals surface area (Å²) in [7, 11) is 1.54. The molecule has 31 heavy (non-hydrogen) atoms. The number of para-hydroxylation sites is 1. The Balaban J connectivity index is 1.53. The molecule has 0 aliphatic heterocycles. The highest BCUT2D eigenvalue weighted by molar-refractivity contribution is 6.05. The number of aryl methyl sites for hydroxylation is 1. The number of carbonyl (C=O) groups is 2. The lowest BCUT2D eigenvalue weighted by Gasteiger charge is -2.10. The molecule has 7 heteroatoms. The Morgan fingerprint density at radius 3 is 2.65 bits per heavy atom. The highest BCUT2D eigenvalue weighted by atomic mass is 16.5. The molecule has 0 saturated heterocycles. The van der Waals surface area contributed by atoms with E-state index in [4.69, 9.17) is 13.9 Å². The fraction of sp³-hybridized carbons (Fsp3) is 0.125. The highest BCUT2D eigenvalue weighted by Crippen LogP contribution is 2.26. The summed E-state index contributed by atoms with van der Waals surface area (Å²) in [4.78, 5) is 29.6. The van der Waals surface area contributed by atoms with Gasteiger partial charge in [0.15, 0.2) is 12.4 Å². The second kappa shape index (κ2) is 8.71. The molecule has 0 saturated carbocycles. The van der Waals surface area contributed by atoms with Crippen molar-refractivity contribution in [2.24, 2.45) is 0 Å². The van der Waals surface area contributed by atoms with Crippen LogP contribution < -0.4 is 10.1 Å². The Hall–Kier alpha value is -4.13. The molecule has 0 spiro atoms. The summed E-state index contributed by atoms with van der Waals surface area (Å²) in [6, 6.07) is 19.4. The number of aromatic nitrogens is 1. The summed E-state index contributed by atoms with van der Waals surface area (Å²) in [5.41, 5.74) is 2.00. The van der Waals surface area contributed by atoms with Crippen molar-refractivity contribution < 1.29 is 23.5 Å². The predicted octanol–water partition coefficient (Wildman–Crippen LogP) is 4.61. The topological polar surface area (TPSA) is 90.7 Å². The van der Waals surface area contributed by atoms with Crippen LogP contribution in [0.15, 0.2) is 71.1 Å². The minimum atomic E-state index is -0.621. The van der Waals surface area contributed by atoms with E-state index in [1.165, 1.54) is 0 Å². The van der Waals surface area contributed by atoms with Crippen molar-refractivity contribution in [3.8, 4) is 17.2 Å². The quantitative estimate of drug-likeness (QED) is 0.462. The van der Waals surface area contributed by atoms with E-state index in [0.29, 0.717) is 39.4 Å². The fourth-order valence-corrected chi connectivity index (χ4v) is 3.15. The second-order valence-electron chi connectivity index (χ2n) is 6.84. The maximum absolute atomic E-state index is 12.8. The van der Waals surface area contributed by atoms with Crippen LogP contribution in [0.1, 0.15) is 16.1 Å². The van der Waals surface area contributed by atoms with E-state index in [1.54, 1.807) is 55.6 Å². The van der Waals surface area contributed by atoms with Gasteiger partial charge in [-0.1, -0.05) is 24.3 Å². The molecule has 2 heterocycles. The molecule has 1 amide bonds. The Morgan fingerprint density at radius 2 is 1.87 bits per heavy atom. The Bertz CT molecular complexity index is 1260. The molecule has 1 N–H and O–H groups in total. The van der Waals surface area contributed by atoms with Crippen molar-refractivity contribution in [2.75, 3.05) is 19.0 Å². The van der Waals surface area contributed by atoms with Gasteiger partial charge in [-0.3, -0.25) is 4.79 Å². The molecule has 0 aliphatic rings. The first-order valence-corrected chi connectivity index (χ1v) is 9.61. The van der Waals surface area contributed by atoms with E-state index in [9.17, 15) is 9.59 Å². The van der Waals surface area contributed by atoms with E-state index in [0.717, 1.165) is 5.76 Å². The number of methoxy groups -OCH3 is 1. The average molecular weight is 416 g/mol. The van der Waals surface area contributed by atoms with Gasteiger partial charge in [0, 0.05) is 17.1 Å². The minimum Gasteiger partial charge on any atom is -0.497 e. The summed E-state index contributed by atoms with van der Waals surface area (Å²) >= 11 is 0. The zero-order valence-electron chi connectivity index (χ0n) is 17.0. The summed E-state index contributed by atoms with van der Waals surface area (Å²) in [6.07, 6.45) is 0. The number of carbonyl (C=O) groups excluding carboxylic acids is 2. The molecule has 4 aromatic rings. The third-order valence-corrected chi connectivity index (χ3v) is 4.62. The third-order valence-electron chi connectivity index (χ3n) is 4.62. The third kappa shape index (κ3) is 4.56. The van der Waals surface area contributed by atoms with Gasteiger partial charge in [0.2, 0.25) is 0 Å². The van der Waals surface area contributed by atoms with E-state index in [1.807, 2.05) is 25.1 Å². The van der Waals surface area contributed by atoms with Gasteiger partial charge in [-0.2, -0.15) is 0 Å². The first kappa shape index (κ1) is 20.2. The van der Waals surface area contributed by atoms with Gasteiger partial charge < -0.3 is 19.2 Å². The van der Waals surface area contributed by atoms with Crippen molar-refractivity contribution >= 4 is 28.5 Å². The Kier molecular flexibility index (Phi) is 5.66. The molecule has 0 unspecified atom stereocenters. The van der Waals surface area contributed by atoms with Crippen LogP contribution in [-0.2, 0) is 9.53 Å². The zero-order valence-corrected chi connectivity index (χ0v) is 17.0. The number of furan rings is 1. The largest absolute Gasteiger partial charge is 0.497 e. The average Bonchev–Trinajstić information content (AvgIpc) is 3.23. The molecule has 0 radical (unpaired) electrons. The fourth-order valence-electron chi connectivity index (χ4n) is 3.15. The number of benzene rings is 2. The molecule has 2 aromatic carbocycles. The second-order valence-corrected chi connectivity index (χ2v) is 6.84. The van der Waals surface area contributed by atoms with Gasteiger partial charge in [0.25, 0.3) is 5.91 Å². The van der Waals surface area contributed by atoms with Gasteiger partial charge in [-0.05, 0) is 43.3 Å². The molecule has 0 aliphatic carbocycles. The van der Waals surface area contributed by atoms with Gasteiger partial charge in [0.1, 0.15) is 17.2 Å². The van der Waals surface area contributed by atoms with Crippen LogP contribution in [0.3, 0.4) is 0 Å². The van der Waals surface area contributed by atoms with Crippen molar-refractivity contribution in [3.05, 3.63) is 78.1 Å². The lowest BCUT2D eigenvalue weighted by Crippen LogP contribution is -2.21. The Morgan fingerprint density at radius 1 is 1.03 bits per heavy atom. The number of anilines is 1. The molecule has 7 nitrogen and oxygen atoms in total. The van der Waals surface area contributed by atoms with Crippen LogP contribution in [0, 0.1) is 6.92 Å². The Labute approximate surface area is 178 Å². The van der Waals surface area contributed by atoms with Gasteiger partial charge >= 0.3 is 5.97 Å². The van der Waals surface area contributed by atoms with Crippen molar-refractivity contribution in [1.29, 1.82) is 0 Å². The summed E-state index contributed by atoms with van der Waals surface area (Å²) in [6.45, 7) is 1.41. The van der Waals surface area contributed by atoms with Crippen LogP contribution in [0.2, 0.25) is 0 Å². The monoisotopic (exact) mass is 416 g/mol. The number of fused-ring (bicyclic) bond motifs is 1. The van der Waals surface area contributed by atoms with E-state index >= 15 is 0 Å². The summed E-state index contributed by atoms with van der Waals surface area (Å²) < 4.78 is 16.1. The van der Waals surface area contributed by atoms with Gasteiger partial charge in [-0.25, -0.2) is 9.78 Å². The van der Waals surface area contributed by atoms with Crippen molar-refractivity contribution in [1.82, 2.24) is 4.98 Å². The summed E-state index contributed by atoms with van der Waals surface area (Å²) in [5.74, 6) is 0.820. The van der Waals surface area contributed by atoms with E-state index in [-0.39, 0.29) is 0 Å². The van der Waals surface area contributed by atoms with E-state index < -0.39 is 18.5 Å². The number of amides is 1. The number of rotatable bonds is 6. The molecule has 0 bridgehead atoms. The minimum absolute atomic E-state index is 0.309. The molecule has 156 valence electrons. The molecular formula is C24H20N2O5. The molecule has 2 aromatic heterocycles.